The molecule has 17 heavy (non-hydrogen) atoms. The molecule has 2 aliphatic rings. The maximum Gasteiger partial charge on any atom is 0.317 e. The van der Waals surface area contributed by atoms with Gasteiger partial charge in [-0.05, 0) is 12.8 Å². The zero-order valence-corrected chi connectivity index (χ0v) is 10.6. The Balaban J connectivity index is 1.65. The van der Waals surface area contributed by atoms with Crippen LogP contribution in [0.2, 0.25) is 0 Å². The molecule has 0 aliphatic carbocycles. The second-order valence-corrected chi connectivity index (χ2v) is 6.95. The lowest BCUT2D eigenvalue weighted by molar-refractivity contribution is 0.217. The fourth-order valence-corrected chi connectivity index (χ4v) is 4.09. The smallest absolute Gasteiger partial charge is 0.317 e. The van der Waals surface area contributed by atoms with E-state index in [4.69, 9.17) is 0 Å². The van der Waals surface area contributed by atoms with Crippen molar-refractivity contribution in [3.05, 3.63) is 0 Å². The van der Waals surface area contributed by atoms with Gasteiger partial charge < -0.3 is 15.5 Å². The Bertz CT molecular complexity index is 382. The molecule has 2 aliphatic heterocycles. The van der Waals surface area contributed by atoms with E-state index in [1.807, 2.05) is 0 Å². The van der Waals surface area contributed by atoms with Crippen LogP contribution in [0.4, 0.5) is 4.79 Å². The zero-order chi connectivity index (χ0) is 12.3. The Kier molecular flexibility index (Phi) is 3.88. The lowest BCUT2D eigenvalue weighted by atomic mass is 10.2. The van der Waals surface area contributed by atoms with Crippen molar-refractivity contribution in [2.75, 3.05) is 38.5 Å². The maximum atomic E-state index is 11.5. The fraction of sp³-hybridized carbons (Fsp3) is 0.900. The van der Waals surface area contributed by atoms with Crippen molar-refractivity contribution >= 4 is 15.9 Å². The van der Waals surface area contributed by atoms with Crippen molar-refractivity contribution in [3.63, 3.8) is 0 Å². The van der Waals surface area contributed by atoms with E-state index in [9.17, 15) is 13.2 Å². The number of urea groups is 1. The summed E-state index contributed by atoms with van der Waals surface area (Å²) in [7, 11) is -2.85. The van der Waals surface area contributed by atoms with Gasteiger partial charge in [0.05, 0.1) is 11.0 Å². The van der Waals surface area contributed by atoms with Crippen LogP contribution in [0.1, 0.15) is 12.8 Å². The SMILES string of the molecule is O=C1NCCN1CCNCC1CCCS1(=O)=O. The maximum absolute atomic E-state index is 11.5. The average Bonchev–Trinajstić information content (AvgIpc) is 2.81. The third kappa shape index (κ3) is 3.10. The molecule has 0 spiro atoms. The molecule has 6 nitrogen and oxygen atoms in total. The summed E-state index contributed by atoms with van der Waals surface area (Å²) in [6.45, 7) is 3.24. The normalized spacial score (nSPS) is 27.4. The van der Waals surface area contributed by atoms with E-state index in [0.29, 0.717) is 31.9 Å². The summed E-state index contributed by atoms with van der Waals surface area (Å²) in [5.41, 5.74) is 0. The van der Waals surface area contributed by atoms with Crippen molar-refractivity contribution in [1.82, 2.24) is 15.5 Å². The first-order valence-corrected chi connectivity index (χ1v) is 7.76. The molecule has 0 aromatic carbocycles. The quantitative estimate of drug-likeness (QED) is 0.634. The summed E-state index contributed by atoms with van der Waals surface area (Å²) < 4.78 is 23.1. The van der Waals surface area contributed by atoms with Gasteiger partial charge in [-0.25, -0.2) is 13.2 Å². The molecule has 2 amide bonds. The van der Waals surface area contributed by atoms with Gasteiger partial charge in [0, 0.05) is 32.7 Å². The average molecular weight is 261 g/mol. The standard InChI is InChI=1S/C10H19N3O3S/c14-10-12-4-6-13(10)5-3-11-8-9-2-1-7-17(9,15)16/h9,11H,1-8H2,(H,12,14). The minimum atomic E-state index is -2.85. The number of sulfone groups is 1. The van der Waals surface area contributed by atoms with Gasteiger partial charge in [0.2, 0.25) is 0 Å². The van der Waals surface area contributed by atoms with Crippen molar-refractivity contribution < 1.29 is 13.2 Å². The Labute approximate surface area is 102 Å². The minimum Gasteiger partial charge on any atom is -0.336 e. The monoisotopic (exact) mass is 261 g/mol. The number of rotatable bonds is 5. The highest BCUT2D eigenvalue weighted by molar-refractivity contribution is 7.92. The summed E-state index contributed by atoms with van der Waals surface area (Å²) in [6, 6.07) is -0.0275. The van der Waals surface area contributed by atoms with Crippen molar-refractivity contribution in [3.8, 4) is 0 Å². The van der Waals surface area contributed by atoms with Crippen LogP contribution >= 0.6 is 0 Å². The number of carbonyl (C=O) groups is 1. The molecule has 0 saturated carbocycles. The van der Waals surface area contributed by atoms with E-state index < -0.39 is 9.84 Å². The topological polar surface area (TPSA) is 78.5 Å². The lowest BCUT2D eigenvalue weighted by Gasteiger charge is -2.15. The third-order valence-electron chi connectivity index (χ3n) is 3.34. The highest BCUT2D eigenvalue weighted by Crippen LogP contribution is 2.18. The molecule has 7 heteroatoms. The van der Waals surface area contributed by atoms with Crippen LogP contribution in [-0.4, -0.2) is 63.1 Å². The molecule has 0 aromatic heterocycles. The van der Waals surface area contributed by atoms with E-state index in [2.05, 4.69) is 10.6 Å². The van der Waals surface area contributed by atoms with Gasteiger partial charge in [-0.15, -0.1) is 0 Å². The molecule has 0 aromatic rings. The van der Waals surface area contributed by atoms with Gasteiger partial charge in [0.15, 0.2) is 9.84 Å². The molecule has 0 radical (unpaired) electrons. The van der Waals surface area contributed by atoms with Gasteiger partial charge in [-0.3, -0.25) is 0 Å². The number of hydrogen-bond donors (Lipinski definition) is 2. The highest BCUT2D eigenvalue weighted by Gasteiger charge is 2.30. The molecule has 1 unspecified atom stereocenters. The number of amides is 2. The van der Waals surface area contributed by atoms with Gasteiger partial charge in [-0.1, -0.05) is 0 Å². The van der Waals surface area contributed by atoms with Crippen molar-refractivity contribution in [2.45, 2.75) is 18.1 Å². The summed E-state index contributed by atoms with van der Waals surface area (Å²) >= 11 is 0. The molecular weight excluding hydrogens is 242 g/mol. The van der Waals surface area contributed by atoms with E-state index >= 15 is 0 Å². The van der Waals surface area contributed by atoms with Crippen LogP contribution in [0.3, 0.4) is 0 Å². The van der Waals surface area contributed by atoms with E-state index in [-0.39, 0.29) is 11.3 Å². The predicted octanol–water partition coefficient (Wildman–Crippen LogP) is -0.822. The van der Waals surface area contributed by atoms with Crippen LogP contribution in [0.5, 0.6) is 0 Å². The van der Waals surface area contributed by atoms with Crippen LogP contribution in [-0.2, 0) is 9.84 Å². The molecule has 2 fully saturated rings. The highest BCUT2D eigenvalue weighted by atomic mass is 32.2. The fourth-order valence-electron chi connectivity index (χ4n) is 2.29. The largest absolute Gasteiger partial charge is 0.336 e. The summed E-state index contributed by atoms with van der Waals surface area (Å²) in [6.07, 6.45) is 1.54. The number of hydrogen-bond acceptors (Lipinski definition) is 4. The zero-order valence-electron chi connectivity index (χ0n) is 9.81. The van der Waals surface area contributed by atoms with Crippen molar-refractivity contribution in [2.24, 2.45) is 0 Å². The Morgan fingerprint density at radius 3 is 2.88 bits per heavy atom. The Morgan fingerprint density at radius 1 is 1.47 bits per heavy atom. The number of nitrogens with zero attached hydrogens (tertiary/aromatic N) is 1. The summed E-state index contributed by atoms with van der Waals surface area (Å²) in [4.78, 5) is 13.0. The van der Waals surface area contributed by atoms with Gasteiger partial charge in [-0.2, -0.15) is 0 Å². The van der Waals surface area contributed by atoms with Gasteiger partial charge >= 0.3 is 6.03 Å². The van der Waals surface area contributed by atoms with Crippen LogP contribution in [0.15, 0.2) is 0 Å². The van der Waals surface area contributed by atoms with Crippen LogP contribution < -0.4 is 10.6 Å². The summed E-state index contributed by atoms with van der Waals surface area (Å²) in [5.74, 6) is 0.327. The van der Waals surface area contributed by atoms with Gasteiger partial charge in [0.25, 0.3) is 0 Å². The predicted molar refractivity (Wildman–Crippen MR) is 64.7 cm³/mol. The Hall–Kier alpha value is -0.820. The van der Waals surface area contributed by atoms with E-state index in [1.165, 1.54) is 0 Å². The first kappa shape index (κ1) is 12.6. The van der Waals surface area contributed by atoms with E-state index in [0.717, 1.165) is 19.4 Å². The lowest BCUT2D eigenvalue weighted by Crippen LogP contribution is -2.38. The molecule has 2 N–H and O–H groups in total. The molecular formula is C10H19N3O3S. The minimum absolute atomic E-state index is 0.0275. The molecule has 2 heterocycles. The molecule has 1 atom stereocenters. The first-order chi connectivity index (χ1) is 8.09. The molecule has 2 saturated heterocycles. The molecule has 98 valence electrons. The second-order valence-electron chi connectivity index (χ2n) is 4.55. The first-order valence-electron chi connectivity index (χ1n) is 6.05. The third-order valence-corrected chi connectivity index (χ3v) is 5.61. The summed E-state index contributed by atoms with van der Waals surface area (Å²) in [5, 5.41) is 5.63. The van der Waals surface area contributed by atoms with E-state index in [1.54, 1.807) is 4.90 Å². The van der Waals surface area contributed by atoms with Crippen LogP contribution in [0.25, 0.3) is 0 Å². The molecule has 2 rings (SSSR count). The second kappa shape index (κ2) is 5.22. The van der Waals surface area contributed by atoms with Crippen molar-refractivity contribution in [1.29, 1.82) is 0 Å². The Morgan fingerprint density at radius 2 is 2.29 bits per heavy atom. The van der Waals surface area contributed by atoms with Gasteiger partial charge in [0.1, 0.15) is 0 Å². The number of nitrogens with one attached hydrogen (secondary N) is 2. The molecule has 0 bridgehead atoms. The number of carbonyl (C=O) groups excluding carboxylic acids is 1. The van der Waals surface area contributed by atoms with Crippen LogP contribution in [0, 0.1) is 0 Å².